The van der Waals surface area contributed by atoms with E-state index in [9.17, 15) is 9.59 Å². The van der Waals surface area contributed by atoms with Crippen LogP contribution < -0.4 is 11.1 Å². The first-order chi connectivity index (χ1) is 11.0. The van der Waals surface area contributed by atoms with E-state index >= 15 is 0 Å². The van der Waals surface area contributed by atoms with E-state index in [1.807, 2.05) is 36.9 Å². The molecule has 1 heterocycles. The van der Waals surface area contributed by atoms with Crippen molar-refractivity contribution in [3.63, 3.8) is 0 Å². The summed E-state index contributed by atoms with van der Waals surface area (Å²) in [5, 5.41) is 3.05. The molecule has 3 N–H and O–H groups in total. The zero-order valence-corrected chi connectivity index (χ0v) is 14.0. The number of nitrogens with one attached hydrogen (secondary N) is 1. The Morgan fingerprint density at radius 3 is 2.43 bits per heavy atom. The second-order valence-corrected chi connectivity index (χ2v) is 6.35. The van der Waals surface area contributed by atoms with E-state index in [-0.39, 0.29) is 23.8 Å². The lowest BCUT2D eigenvalue weighted by molar-refractivity contribution is -0.134. The highest BCUT2D eigenvalue weighted by Crippen LogP contribution is 2.15. The van der Waals surface area contributed by atoms with Crippen molar-refractivity contribution in [2.45, 2.75) is 45.2 Å². The summed E-state index contributed by atoms with van der Waals surface area (Å²) in [4.78, 5) is 26.4. The second kappa shape index (κ2) is 8.11. The maximum atomic E-state index is 12.4. The van der Waals surface area contributed by atoms with E-state index in [1.165, 1.54) is 0 Å². The molecule has 2 rings (SSSR count). The molecule has 1 aliphatic heterocycles. The molecule has 1 aromatic carbocycles. The summed E-state index contributed by atoms with van der Waals surface area (Å²) in [6.45, 7) is 5.37. The molecule has 5 nitrogen and oxygen atoms in total. The van der Waals surface area contributed by atoms with E-state index in [4.69, 9.17) is 5.73 Å². The molecular formula is C18H27N3O2. The molecule has 2 amide bonds. The van der Waals surface area contributed by atoms with Gasteiger partial charge in [0, 0.05) is 24.7 Å². The van der Waals surface area contributed by atoms with Gasteiger partial charge in [0.15, 0.2) is 0 Å². The first kappa shape index (κ1) is 17.5. The molecule has 0 aliphatic carbocycles. The van der Waals surface area contributed by atoms with Gasteiger partial charge in [-0.2, -0.15) is 0 Å². The number of hydrogen-bond acceptors (Lipinski definition) is 3. The third-order valence-corrected chi connectivity index (χ3v) is 4.72. The van der Waals surface area contributed by atoms with Crippen LogP contribution in [0.5, 0.6) is 0 Å². The van der Waals surface area contributed by atoms with Crippen LogP contribution >= 0.6 is 0 Å². The molecule has 126 valence electrons. The number of piperidine rings is 1. The second-order valence-electron chi connectivity index (χ2n) is 6.35. The summed E-state index contributed by atoms with van der Waals surface area (Å²) >= 11 is 0. The number of benzene rings is 1. The van der Waals surface area contributed by atoms with Crippen LogP contribution in [0.25, 0.3) is 0 Å². The Labute approximate surface area is 138 Å². The molecule has 1 fully saturated rings. The van der Waals surface area contributed by atoms with Crippen molar-refractivity contribution < 1.29 is 9.59 Å². The topological polar surface area (TPSA) is 75.4 Å². The Bertz CT molecular complexity index is 524. The first-order valence-corrected chi connectivity index (χ1v) is 8.43. The van der Waals surface area contributed by atoms with Crippen LogP contribution in [0.3, 0.4) is 0 Å². The molecule has 1 saturated heterocycles. The van der Waals surface area contributed by atoms with Crippen molar-refractivity contribution in [3.05, 3.63) is 35.9 Å². The molecule has 0 radical (unpaired) electrons. The maximum absolute atomic E-state index is 12.4. The highest BCUT2D eigenvalue weighted by atomic mass is 16.2. The number of hydrogen-bond donors (Lipinski definition) is 2. The highest BCUT2D eigenvalue weighted by molar-refractivity contribution is 5.94. The summed E-state index contributed by atoms with van der Waals surface area (Å²) in [6, 6.07) is 8.90. The van der Waals surface area contributed by atoms with Gasteiger partial charge in [0.05, 0.1) is 6.04 Å². The lowest BCUT2D eigenvalue weighted by Crippen LogP contribution is -2.52. The number of amides is 2. The lowest BCUT2D eigenvalue weighted by Gasteiger charge is -2.34. The van der Waals surface area contributed by atoms with Gasteiger partial charge in [-0.15, -0.1) is 0 Å². The fourth-order valence-electron chi connectivity index (χ4n) is 2.81. The largest absolute Gasteiger partial charge is 0.349 e. The van der Waals surface area contributed by atoms with Gasteiger partial charge < -0.3 is 16.0 Å². The maximum Gasteiger partial charge on any atom is 0.251 e. The van der Waals surface area contributed by atoms with Crippen LogP contribution in [-0.2, 0) is 4.79 Å². The predicted molar refractivity (Wildman–Crippen MR) is 90.9 cm³/mol. The number of nitrogens with zero attached hydrogens (tertiary/aromatic N) is 1. The van der Waals surface area contributed by atoms with Crippen LogP contribution in [0.1, 0.15) is 43.5 Å². The van der Waals surface area contributed by atoms with Crippen LogP contribution in [0.15, 0.2) is 30.3 Å². The van der Waals surface area contributed by atoms with Gasteiger partial charge in [0.25, 0.3) is 5.91 Å². The standard InChI is InChI=1S/C18H27N3O2/c1-3-13(2)16(19)18(23)21-11-9-15(10-12-21)20-17(22)14-7-5-4-6-8-14/h4-8,13,15-16H,3,9-12,19H2,1-2H3,(H,20,22). The average Bonchev–Trinajstić information content (AvgIpc) is 2.61. The molecular weight excluding hydrogens is 290 g/mol. The monoisotopic (exact) mass is 317 g/mol. The Hall–Kier alpha value is -1.88. The van der Waals surface area contributed by atoms with Gasteiger partial charge >= 0.3 is 0 Å². The number of carbonyl (C=O) groups excluding carboxylic acids is 2. The number of rotatable bonds is 5. The highest BCUT2D eigenvalue weighted by Gasteiger charge is 2.29. The van der Waals surface area contributed by atoms with E-state index in [2.05, 4.69) is 5.32 Å². The molecule has 0 saturated carbocycles. The number of nitrogens with two attached hydrogens (primary N) is 1. The van der Waals surface area contributed by atoms with Crippen LogP contribution in [0, 0.1) is 5.92 Å². The molecule has 23 heavy (non-hydrogen) atoms. The molecule has 5 heteroatoms. The zero-order valence-electron chi connectivity index (χ0n) is 14.0. The Balaban J connectivity index is 1.82. The van der Waals surface area contributed by atoms with Gasteiger partial charge in [-0.1, -0.05) is 38.5 Å². The SMILES string of the molecule is CCC(C)C(N)C(=O)N1CCC(NC(=O)c2ccccc2)CC1. The number of carbonyl (C=O) groups is 2. The fourth-order valence-corrected chi connectivity index (χ4v) is 2.81. The van der Waals surface area contributed by atoms with Gasteiger partial charge in [-0.25, -0.2) is 0 Å². The Morgan fingerprint density at radius 2 is 1.87 bits per heavy atom. The zero-order chi connectivity index (χ0) is 16.8. The van der Waals surface area contributed by atoms with Crippen molar-refractivity contribution in [2.75, 3.05) is 13.1 Å². The quantitative estimate of drug-likeness (QED) is 0.869. The molecule has 2 atom stereocenters. The van der Waals surface area contributed by atoms with Crippen LogP contribution in [0.4, 0.5) is 0 Å². The molecule has 0 aromatic heterocycles. The third kappa shape index (κ3) is 4.55. The summed E-state index contributed by atoms with van der Waals surface area (Å²) < 4.78 is 0. The first-order valence-electron chi connectivity index (χ1n) is 8.43. The van der Waals surface area contributed by atoms with E-state index in [0.717, 1.165) is 19.3 Å². The number of likely N-dealkylation sites (tertiary alicyclic amines) is 1. The van der Waals surface area contributed by atoms with Crippen molar-refractivity contribution in [3.8, 4) is 0 Å². The van der Waals surface area contributed by atoms with E-state index in [0.29, 0.717) is 18.7 Å². The average molecular weight is 317 g/mol. The predicted octanol–water partition coefficient (Wildman–Crippen LogP) is 1.78. The summed E-state index contributed by atoms with van der Waals surface area (Å²) in [5.41, 5.74) is 6.70. The Kier molecular flexibility index (Phi) is 6.16. The van der Waals surface area contributed by atoms with Crippen molar-refractivity contribution in [1.29, 1.82) is 0 Å². The minimum atomic E-state index is -0.421. The minimum Gasteiger partial charge on any atom is -0.349 e. The van der Waals surface area contributed by atoms with Crippen molar-refractivity contribution >= 4 is 11.8 Å². The van der Waals surface area contributed by atoms with Crippen molar-refractivity contribution in [1.82, 2.24) is 10.2 Å². The van der Waals surface area contributed by atoms with Gasteiger partial charge in [0.1, 0.15) is 0 Å². The molecule has 1 aromatic rings. The normalized spacial score (nSPS) is 18.3. The minimum absolute atomic E-state index is 0.0344. The van der Waals surface area contributed by atoms with Crippen LogP contribution in [-0.4, -0.2) is 41.9 Å². The summed E-state index contributed by atoms with van der Waals surface area (Å²) in [5.74, 6) is 0.178. The van der Waals surface area contributed by atoms with Gasteiger partial charge in [0.2, 0.25) is 5.91 Å². The van der Waals surface area contributed by atoms with E-state index < -0.39 is 6.04 Å². The van der Waals surface area contributed by atoms with Crippen molar-refractivity contribution in [2.24, 2.45) is 11.7 Å². The Morgan fingerprint density at radius 1 is 1.26 bits per heavy atom. The smallest absolute Gasteiger partial charge is 0.251 e. The molecule has 1 aliphatic rings. The van der Waals surface area contributed by atoms with Gasteiger partial charge in [-0.3, -0.25) is 9.59 Å². The third-order valence-electron chi connectivity index (χ3n) is 4.72. The molecule has 2 unspecified atom stereocenters. The summed E-state index contributed by atoms with van der Waals surface area (Å²) in [7, 11) is 0. The fraction of sp³-hybridized carbons (Fsp3) is 0.556. The molecule has 0 bridgehead atoms. The lowest BCUT2D eigenvalue weighted by atomic mass is 9.97. The van der Waals surface area contributed by atoms with E-state index in [1.54, 1.807) is 12.1 Å². The molecule has 0 spiro atoms. The van der Waals surface area contributed by atoms with Crippen LogP contribution in [0.2, 0.25) is 0 Å². The summed E-state index contributed by atoms with van der Waals surface area (Å²) in [6.07, 6.45) is 2.45. The van der Waals surface area contributed by atoms with Gasteiger partial charge in [-0.05, 0) is 30.9 Å².